The third-order valence-corrected chi connectivity index (χ3v) is 7.27. The lowest BCUT2D eigenvalue weighted by Gasteiger charge is -2.31. The van der Waals surface area contributed by atoms with Crippen molar-refractivity contribution in [3.05, 3.63) is 101 Å². The fourth-order valence-corrected chi connectivity index (χ4v) is 5.35. The van der Waals surface area contributed by atoms with Crippen LogP contribution in [0.2, 0.25) is 0 Å². The number of fused-ring (bicyclic) bond motifs is 1. The third-order valence-electron chi connectivity index (χ3n) is 6.43. The molecule has 1 unspecified atom stereocenters. The van der Waals surface area contributed by atoms with Gasteiger partial charge in [0, 0.05) is 29.7 Å². The van der Waals surface area contributed by atoms with E-state index in [9.17, 15) is 9.59 Å². The zero-order chi connectivity index (χ0) is 28.8. The van der Waals surface area contributed by atoms with Gasteiger partial charge >= 0.3 is 0 Å². The summed E-state index contributed by atoms with van der Waals surface area (Å²) in [7, 11) is 1.60. The van der Waals surface area contributed by atoms with Crippen LogP contribution in [-0.4, -0.2) is 46.3 Å². The van der Waals surface area contributed by atoms with Crippen LogP contribution in [0.4, 0.5) is 5.69 Å². The molecule has 9 nitrogen and oxygen atoms in total. The molecule has 0 fully saturated rings. The van der Waals surface area contributed by atoms with Crippen molar-refractivity contribution in [1.29, 1.82) is 0 Å². The van der Waals surface area contributed by atoms with E-state index in [1.807, 2.05) is 74.5 Å². The zero-order valence-electron chi connectivity index (χ0n) is 23.0. The Bertz CT molecular complexity index is 1510. The van der Waals surface area contributed by atoms with Crippen molar-refractivity contribution < 1.29 is 23.8 Å². The smallest absolute Gasteiger partial charge is 0.251 e. The Morgan fingerprint density at radius 2 is 1.66 bits per heavy atom. The average Bonchev–Trinajstić information content (AvgIpc) is 3.44. The molecule has 0 spiro atoms. The van der Waals surface area contributed by atoms with E-state index in [1.165, 1.54) is 11.8 Å². The summed E-state index contributed by atoms with van der Waals surface area (Å²) < 4.78 is 16.2. The summed E-state index contributed by atoms with van der Waals surface area (Å²) in [5, 5.41) is 3.49. The summed E-state index contributed by atoms with van der Waals surface area (Å²) in [6.45, 7) is 4.11. The molecule has 210 valence electrons. The predicted octanol–water partition coefficient (Wildman–Crippen LogP) is 5.33. The van der Waals surface area contributed by atoms with E-state index < -0.39 is 6.04 Å². The Morgan fingerprint density at radius 3 is 2.37 bits per heavy atom. The first-order valence-corrected chi connectivity index (χ1v) is 14.0. The van der Waals surface area contributed by atoms with Gasteiger partial charge < -0.3 is 24.4 Å². The molecule has 10 heteroatoms. The van der Waals surface area contributed by atoms with Crippen LogP contribution in [0.5, 0.6) is 17.2 Å². The van der Waals surface area contributed by atoms with Crippen molar-refractivity contribution in [2.75, 3.05) is 25.0 Å². The summed E-state index contributed by atoms with van der Waals surface area (Å²) in [4.78, 5) is 38.4. The SMILES string of the molecule is COc1ccc(CN(C(=O)CSc2nc(C)cc(C)n2)C(C(=O)Nc2ccc3c(c2)OCO3)c2ccccc2)cc1. The lowest BCUT2D eigenvalue weighted by molar-refractivity contribution is -0.137. The van der Waals surface area contributed by atoms with Crippen LogP contribution in [0.25, 0.3) is 0 Å². The number of carbonyl (C=O) groups is 2. The van der Waals surface area contributed by atoms with E-state index in [1.54, 1.807) is 30.2 Å². The van der Waals surface area contributed by atoms with Crippen LogP contribution in [-0.2, 0) is 16.1 Å². The number of nitrogens with zero attached hydrogens (tertiary/aromatic N) is 3. The Labute approximate surface area is 242 Å². The van der Waals surface area contributed by atoms with Gasteiger partial charge in [-0.15, -0.1) is 0 Å². The Morgan fingerprint density at radius 1 is 0.951 bits per heavy atom. The van der Waals surface area contributed by atoms with Crippen LogP contribution in [0, 0.1) is 13.8 Å². The van der Waals surface area contributed by atoms with Crippen molar-refractivity contribution in [2.24, 2.45) is 0 Å². The normalized spacial score (nSPS) is 12.5. The highest BCUT2D eigenvalue weighted by molar-refractivity contribution is 7.99. The lowest BCUT2D eigenvalue weighted by Crippen LogP contribution is -2.41. The second-order valence-electron chi connectivity index (χ2n) is 9.46. The number of methoxy groups -OCH3 is 1. The third kappa shape index (κ3) is 6.96. The first-order valence-electron chi connectivity index (χ1n) is 13.0. The summed E-state index contributed by atoms with van der Waals surface area (Å²) >= 11 is 1.25. The topological polar surface area (TPSA) is 103 Å². The number of hydrogen-bond donors (Lipinski definition) is 1. The van der Waals surface area contributed by atoms with Crippen LogP contribution < -0.4 is 19.5 Å². The number of benzene rings is 3. The molecule has 3 aromatic carbocycles. The highest BCUT2D eigenvalue weighted by atomic mass is 32.2. The van der Waals surface area contributed by atoms with Crippen molar-refractivity contribution in [3.63, 3.8) is 0 Å². The fourth-order valence-electron chi connectivity index (χ4n) is 4.51. The molecule has 1 atom stereocenters. The molecule has 1 aromatic heterocycles. The molecular formula is C31H30N4O5S. The van der Waals surface area contributed by atoms with Gasteiger partial charge in [0.25, 0.3) is 5.91 Å². The van der Waals surface area contributed by atoms with Crippen LogP contribution >= 0.6 is 11.8 Å². The number of rotatable bonds is 10. The second kappa shape index (κ2) is 12.7. The highest BCUT2D eigenvalue weighted by Gasteiger charge is 2.32. The van der Waals surface area contributed by atoms with Crippen molar-refractivity contribution in [2.45, 2.75) is 31.6 Å². The molecule has 2 amide bonds. The zero-order valence-corrected chi connectivity index (χ0v) is 23.8. The largest absolute Gasteiger partial charge is 0.497 e. The van der Waals surface area contributed by atoms with Gasteiger partial charge in [0.05, 0.1) is 12.9 Å². The van der Waals surface area contributed by atoms with Gasteiger partial charge in [-0.1, -0.05) is 54.2 Å². The fraction of sp³-hybridized carbons (Fsp3) is 0.226. The molecule has 0 saturated carbocycles. The van der Waals surface area contributed by atoms with Gasteiger partial charge in [0.1, 0.15) is 11.8 Å². The minimum Gasteiger partial charge on any atom is -0.497 e. The predicted molar refractivity (Wildman–Crippen MR) is 156 cm³/mol. The second-order valence-corrected chi connectivity index (χ2v) is 10.4. The summed E-state index contributed by atoms with van der Waals surface area (Å²) in [5.74, 6) is 1.33. The summed E-state index contributed by atoms with van der Waals surface area (Å²) in [5.41, 5.74) is 3.72. The molecular weight excluding hydrogens is 540 g/mol. The van der Waals surface area contributed by atoms with E-state index in [-0.39, 0.29) is 30.9 Å². The van der Waals surface area contributed by atoms with E-state index in [0.29, 0.717) is 33.7 Å². The molecule has 1 aliphatic heterocycles. The number of carbonyl (C=O) groups excluding carboxylic acids is 2. The summed E-state index contributed by atoms with van der Waals surface area (Å²) in [6.07, 6.45) is 0. The van der Waals surface area contributed by atoms with Gasteiger partial charge in [-0.25, -0.2) is 9.97 Å². The number of anilines is 1. The van der Waals surface area contributed by atoms with E-state index in [4.69, 9.17) is 14.2 Å². The number of thioether (sulfide) groups is 1. The van der Waals surface area contributed by atoms with Crippen LogP contribution in [0.15, 0.2) is 84.0 Å². The van der Waals surface area contributed by atoms with E-state index in [2.05, 4.69) is 15.3 Å². The number of aromatic nitrogens is 2. The van der Waals surface area contributed by atoms with Crippen molar-refractivity contribution in [3.8, 4) is 17.2 Å². The number of ether oxygens (including phenoxy) is 3. The Balaban J connectivity index is 1.47. The van der Waals surface area contributed by atoms with Gasteiger partial charge in [-0.2, -0.15) is 0 Å². The maximum Gasteiger partial charge on any atom is 0.251 e. The highest BCUT2D eigenvalue weighted by Crippen LogP contribution is 2.35. The molecule has 0 saturated heterocycles. The Hall–Kier alpha value is -4.57. The van der Waals surface area contributed by atoms with Crippen molar-refractivity contribution >= 4 is 29.3 Å². The average molecular weight is 571 g/mol. The molecule has 41 heavy (non-hydrogen) atoms. The summed E-state index contributed by atoms with van der Waals surface area (Å²) in [6, 6.07) is 22.9. The number of aryl methyl sites for hydroxylation is 2. The Kier molecular flexibility index (Phi) is 8.69. The molecule has 1 N–H and O–H groups in total. The number of nitrogens with one attached hydrogen (secondary N) is 1. The minimum atomic E-state index is -0.919. The molecule has 5 rings (SSSR count). The van der Waals surface area contributed by atoms with E-state index >= 15 is 0 Å². The number of amides is 2. The van der Waals surface area contributed by atoms with Gasteiger partial charge in [-0.05, 0) is 55.3 Å². The maximum absolute atomic E-state index is 14.0. The lowest BCUT2D eigenvalue weighted by atomic mass is 10.0. The van der Waals surface area contributed by atoms with Crippen molar-refractivity contribution in [1.82, 2.24) is 14.9 Å². The standard InChI is InChI=1S/C31H30N4O5S/c1-20-15-21(2)33-31(32-20)41-18-28(36)35(17-22-9-12-25(38-3)13-10-22)29(23-7-5-4-6-8-23)30(37)34-24-11-14-26-27(16-24)40-19-39-26/h4-16,29H,17-19H2,1-3H3,(H,34,37). The van der Waals surface area contributed by atoms with Crippen LogP contribution in [0.1, 0.15) is 28.6 Å². The van der Waals surface area contributed by atoms with E-state index in [0.717, 1.165) is 17.0 Å². The van der Waals surface area contributed by atoms with Gasteiger partial charge in [-0.3, -0.25) is 9.59 Å². The first kappa shape index (κ1) is 28.0. The quantitative estimate of drug-likeness (QED) is 0.202. The monoisotopic (exact) mass is 570 g/mol. The van der Waals surface area contributed by atoms with Gasteiger partial charge in [0.2, 0.25) is 12.7 Å². The maximum atomic E-state index is 14.0. The first-order chi connectivity index (χ1) is 19.9. The van der Waals surface area contributed by atoms with Gasteiger partial charge in [0.15, 0.2) is 16.7 Å². The molecule has 0 radical (unpaired) electrons. The molecule has 2 heterocycles. The molecule has 0 aliphatic carbocycles. The minimum absolute atomic E-state index is 0.0552. The number of hydrogen-bond acceptors (Lipinski definition) is 8. The molecule has 0 bridgehead atoms. The van der Waals surface area contributed by atoms with Crippen LogP contribution in [0.3, 0.4) is 0 Å². The molecule has 1 aliphatic rings. The molecule has 4 aromatic rings.